The van der Waals surface area contributed by atoms with Crippen molar-refractivity contribution < 1.29 is 14.4 Å². The molecule has 0 aromatic rings. The lowest BCUT2D eigenvalue weighted by Crippen LogP contribution is -2.60. The Bertz CT molecular complexity index is 353. The number of hydrogen-bond donors (Lipinski definition) is 2. The lowest BCUT2D eigenvalue weighted by molar-refractivity contribution is -0.152. The molecule has 0 saturated carbocycles. The van der Waals surface area contributed by atoms with Crippen LogP contribution >= 0.6 is 0 Å². The van der Waals surface area contributed by atoms with Crippen molar-refractivity contribution in [2.75, 3.05) is 13.1 Å². The molecular formula is C13H23N3O3. The van der Waals surface area contributed by atoms with Gasteiger partial charge >= 0.3 is 0 Å². The van der Waals surface area contributed by atoms with Gasteiger partial charge in [-0.2, -0.15) is 0 Å². The zero-order chi connectivity index (χ0) is 14.4. The molecule has 3 amide bonds. The van der Waals surface area contributed by atoms with Crippen molar-refractivity contribution in [1.82, 2.24) is 15.5 Å². The number of carbonyl (C=O) groups excluding carboxylic acids is 3. The highest BCUT2D eigenvalue weighted by atomic mass is 16.2. The van der Waals surface area contributed by atoms with E-state index in [0.29, 0.717) is 6.42 Å². The van der Waals surface area contributed by atoms with Gasteiger partial charge in [-0.25, -0.2) is 0 Å². The molecule has 1 aliphatic heterocycles. The second kappa shape index (κ2) is 7.23. The number of hydrogen-bond acceptors (Lipinski definition) is 4. The van der Waals surface area contributed by atoms with E-state index in [-0.39, 0.29) is 42.9 Å². The van der Waals surface area contributed by atoms with Gasteiger partial charge in [0, 0.05) is 6.04 Å². The first-order valence-corrected chi connectivity index (χ1v) is 6.90. The summed E-state index contributed by atoms with van der Waals surface area (Å²) in [6.45, 7) is 5.79. The van der Waals surface area contributed by atoms with Gasteiger partial charge in [0.15, 0.2) is 0 Å². The van der Waals surface area contributed by atoms with Crippen LogP contribution < -0.4 is 10.6 Å². The van der Waals surface area contributed by atoms with Crippen LogP contribution in [0.1, 0.15) is 40.0 Å². The van der Waals surface area contributed by atoms with Gasteiger partial charge in [0.2, 0.25) is 17.7 Å². The summed E-state index contributed by atoms with van der Waals surface area (Å²) in [6.07, 6.45) is 2.28. The molecule has 1 atom stereocenters. The quantitative estimate of drug-likeness (QED) is 0.667. The Labute approximate surface area is 113 Å². The van der Waals surface area contributed by atoms with Crippen LogP contribution in [0.4, 0.5) is 0 Å². The fourth-order valence-corrected chi connectivity index (χ4v) is 2.10. The Balaban J connectivity index is 2.60. The highest BCUT2D eigenvalue weighted by molar-refractivity contribution is 6.03. The van der Waals surface area contributed by atoms with Gasteiger partial charge in [0.05, 0.1) is 12.6 Å². The Morgan fingerprint density at radius 1 is 1.37 bits per heavy atom. The summed E-state index contributed by atoms with van der Waals surface area (Å²) in [4.78, 5) is 36.6. The van der Waals surface area contributed by atoms with Crippen LogP contribution in [-0.4, -0.2) is 47.8 Å². The molecule has 0 bridgehead atoms. The third-order valence-electron chi connectivity index (χ3n) is 3.43. The molecule has 0 aliphatic carbocycles. The molecule has 1 aliphatic rings. The molecular weight excluding hydrogens is 246 g/mol. The van der Waals surface area contributed by atoms with E-state index < -0.39 is 0 Å². The van der Waals surface area contributed by atoms with E-state index in [9.17, 15) is 14.4 Å². The monoisotopic (exact) mass is 269 g/mol. The normalized spacial score (nSPS) is 20.0. The van der Waals surface area contributed by atoms with E-state index in [2.05, 4.69) is 10.6 Å². The number of rotatable bonds is 6. The summed E-state index contributed by atoms with van der Waals surface area (Å²) in [5, 5.41) is 5.69. The maximum Gasteiger partial charge on any atom is 0.246 e. The molecule has 1 rings (SSSR count). The highest BCUT2D eigenvalue weighted by Crippen LogP contribution is 2.06. The molecule has 0 radical (unpaired) electrons. The van der Waals surface area contributed by atoms with Gasteiger partial charge < -0.3 is 5.32 Å². The molecule has 1 saturated heterocycles. The third kappa shape index (κ3) is 4.02. The molecule has 2 N–H and O–H groups in total. The number of nitrogens with one attached hydrogen (secondary N) is 2. The van der Waals surface area contributed by atoms with E-state index in [4.69, 9.17) is 0 Å². The predicted molar refractivity (Wildman–Crippen MR) is 71.3 cm³/mol. The van der Waals surface area contributed by atoms with Crippen LogP contribution in [0.15, 0.2) is 0 Å². The van der Waals surface area contributed by atoms with Crippen molar-refractivity contribution in [2.45, 2.75) is 52.1 Å². The molecule has 0 aromatic carbocycles. The molecule has 0 spiro atoms. The highest BCUT2D eigenvalue weighted by Gasteiger charge is 2.34. The predicted octanol–water partition coefficient (Wildman–Crippen LogP) is 0.0282. The molecule has 6 heteroatoms. The standard InChI is InChI=1S/C13H23N3O3/c1-4-9(5-2)15-11(17)8-16-12(18)7-14-10(6-3)13(16)19/h9-10,14H,4-8H2,1-3H3,(H,15,17). The second-order valence-corrected chi connectivity index (χ2v) is 4.74. The summed E-state index contributed by atoms with van der Waals surface area (Å²) >= 11 is 0. The molecule has 1 unspecified atom stereocenters. The van der Waals surface area contributed by atoms with E-state index in [1.165, 1.54) is 0 Å². The minimum Gasteiger partial charge on any atom is -0.352 e. The van der Waals surface area contributed by atoms with Gasteiger partial charge in [-0.05, 0) is 19.3 Å². The maximum atomic E-state index is 12.0. The Morgan fingerprint density at radius 3 is 2.53 bits per heavy atom. The van der Waals surface area contributed by atoms with Crippen molar-refractivity contribution in [3.8, 4) is 0 Å². The number of piperazine rings is 1. The second-order valence-electron chi connectivity index (χ2n) is 4.74. The zero-order valence-electron chi connectivity index (χ0n) is 11.9. The summed E-state index contributed by atoms with van der Waals surface area (Å²) in [5.41, 5.74) is 0. The Kier molecular flexibility index (Phi) is 5.95. The van der Waals surface area contributed by atoms with Gasteiger partial charge in [-0.3, -0.25) is 24.6 Å². The number of amides is 3. The maximum absolute atomic E-state index is 12.0. The largest absolute Gasteiger partial charge is 0.352 e. The van der Waals surface area contributed by atoms with Gasteiger partial charge in [-0.15, -0.1) is 0 Å². The molecule has 6 nitrogen and oxygen atoms in total. The summed E-state index contributed by atoms with van der Waals surface area (Å²) < 4.78 is 0. The topological polar surface area (TPSA) is 78.5 Å². The van der Waals surface area contributed by atoms with Crippen LogP contribution in [0.25, 0.3) is 0 Å². The van der Waals surface area contributed by atoms with Crippen molar-refractivity contribution in [3.63, 3.8) is 0 Å². The lowest BCUT2D eigenvalue weighted by atomic mass is 10.1. The van der Waals surface area contributed by atoms with Gasteiger partial charge in [0.1, 0.15) is 6.54 Å². The van der Waals surface area contributed by atoms with Crippen molar-refractivity contribution >= 4 is 17.7 Å². The zero-order valence-corrected chi connectivity index (χ0v) is 11.9. The van der Waals surface area contributed by atoms with E-state index in [1.54, 1.807) is 0 Å². The molecule has 1 fully saturated rings. The van der Waals surface area contributed by atoms with E-state index in [0.717, 1.165) is 17.7 Å². The number of nitrogens with zero attached hydrogens (tertiary/aromatic N) is 1. The van der Waals surface area contributed by atoms with E-state index in [1.807, 2.05) is 20.8 Å². The molecule has 108 valence electrons. The first-order chi connectivity index (χ1) is 9.03. The summed E-state index contributed by atoms with van der Waals surface area (Å²) in [6, 6.07) is -0.263. The Morgan fingerprint density at radius 2 is 2.00 bits per heavy atom. The fourth-order valence-electron chi connectivity index (χ4n) is 2.10. The van der Waals surface area contributed by atoms with Crippen molar-refractivity contribution in [1.29, 1.82) is 0 Å². The minimum absolute atomic E-state index is 0.0996. The third-order valence-corrected chi connectivity index (χ3v) is 3.43. The molecule has 19 heavy (non-hydrogen) atoms. The average Bonchev–Trinajstić information content (AvgIpc) is 2.41. The minimum atomic E-state index is -0.362. The number of carbonyl (C=O) groups is 3. The van der Waals surface area contributed by atoms with Crippen LogP contribution in [0.3, 0.4) is 0 Å². The average molecular weight is 269 g/mol. The molecule has 0 aromatic heterocycles. The molecule has 1 heterocycles. The van der Waals surface area contributed by atoms with Crippen LogP contribution in [0, 0.1) is 0 Å². The summed E-state index contributed by atoms with van der Waals surface area (Å²) in [7, 11) is 0. The lowest BCUT2D eigenvalue weighted by Gasteiger charge is -2.31. The van der Waals surface area contributed by atoms with Gasteiger partial charge in [0.25, 0.3) is 0 Å². The van der Waals surface area contributed by atoms with Crippen molar-refractivity contribution in [3.05, 3.63) is 0 Å². The first kappa shape index (κ1) is 15.6. The first-order valence-electron chi connectivity index (χ1n) is 6.90. The fraction of sp³-hybridized carbons (Fsp3) is 0.769. The van der Waals surface area contributed by atoms with E-state index >= 15 is 0 Å². The van der Waals surface area contributed by atoms with Crippen LogP contribution in [0.5, 0.6) is 0 Å². The SMILES string of the molecule is CCC(CC)NC(=O)CN1C(=O)CNC(CC)C1=O. The van der Waals surface area contributed by atoms with Crippen molar-refractivity contribution in [2.24, 2.45) is 0 Å². The van der Waals surface area contributed by atoms with Crippen LogP contribution in [0.2, 0.25) is 0 Å². The number of imide groups is 1. The summed E-state index contributed by atoms with van der Waals surface area (Å²) in [5.74, 6) is -0.917. The Hall–Kier alpha value is -1.43. The van der Waals surface area contributed by atoms with Crippen LogP contribution in [-0.2, 0) is 14.4 Å². The smallest absolute Gasteiger partial charge is 0.246 e. The van der Waals surface area contributed by atoms with Gasteiger partial charge in [-0.1, -0.05) is 20.8 Å².